The Hall–Kier alpha value is -1.09. The second-order valence-electron chi connectivity index (χ2n) is 11.3. The standard InChI is InChI=1S/C26H40N2O/c1-5-28-17(2)19(16-27-28)14-18-15-23-21-10-9-20-8-6-7-12-25(20,3)22(21)11-13-26(23,4)24(18)29/h14,16,20-24,29H,5-13,15H2,1-4H3/b18-14+. The average molecular weight is 397 g/mol. The summed E-state index contributed by atoms with van der Waals surface area (Å²) < 4.78 is 2.06. The van der Waals surface area contributed by atoms with Crippen LogP contribution in [0.15, 0.2) is 11.8 Å². The van der Waals surface area contributed by atoms with E-state index >= 15 is 0 Å². The molecule has 3 heteroatoms. The zero-order chi connectivity index (χ0) is 20.4. The summed E-state index contributed by atoms with van der Waals surface area (Å²) in [7, 11) is 0. The van der Waals surface area contributed by atoms with Crippen molar-refractivity contribution in [2.75, 3.05) is 0 Å². The fourth-order valence-corrected chi connectivity index (χ4v) is 8.42. The van der Waals surface area contributed by atoms with Crippen molar-refractivity contribution < 1.29 is 5.11 Å². The van der Waals surface area contributed by atoms with Gasteiger partial charge < -0.3 is 5.11 Å². The van der Waals surface area contributed by atoms with Gasteiger partial charge in [-0.15, -0.1) is 0 Å². The molecule has 1 aromatic heterocycles. The Morgan fingerprint density at radius 2 is 1.93 bits per heavy atom. The lowest BCUT2D eigenvalue weighted by atomic mass is 9.45. The van der Waals surface area contributed by atoms with E-state index in [2.05, 4.69) is 43.6 Å². The van der Waals surface area contributed by atoms with Gasteiger partial charge in [0.1, 0.15) is 0 Å². The first-order chi connectivity index (χ1) is 13.9. The first-order valence-corrected chi connectivity index (χ1v) is 12.3. The van der Waals surface area contributed by atoms with Crippen LogP contribution in [0.4, 0.5) is 0 Å². The molecule has 0 radical (unpaired) electrons. The van der Waals surface area contributed by atoms with Crippen molar-refractivity contribution in [2.24, 2.45) is 34.5 Å². The van der Waals surface area contributed by atoms with Gasteiger partial charge in [0.15, 0.2) is 0 Å². The number of aryl methyl sites for hydroxylation is 1. The summed E-state index contributed by atoms with van der Waals surface area (Å²) in [6.45, 7) is 10.2. The van der Waals surface area contributed by atoms with E-state index in [4.69, 9.17) is 0 Å². The predicted molar refractivity (Wildman–Crippen MR) is 118 cm³/mol. The summed E-state index contributed by atoms with van der Waals surface area (Å²) in [5.74, 6) is 3.32. The molecule has 4 saturated carbocycles. The van der Waals surface area contributed by atoms with Gasteiger partial charge in [-0.1, -0.05) is 26.7 Å². The molecule has 5 rings (SSSR count). The van der Waals surface area contributed by atoms with Crippen molar-refractivity contribution in [3.8, 4) is 0 Å². The quantitative estimate of drug-likeness (QED) is 0.666. The summed E-state index contributed by atoms with van der Waals surface area (Å²) in [6.07, 6.45) is 16.3. The van der Waals surface area contributed by atoms with Gasteiger partial charge in [0.25, 0.3) is 0 Å². The third-order valence-corrected chi connectivity index (χ3v) is 10.2. The van der Waals surface area contributed by atoms with Crippen LogP contribution in [-0.2, 0) is 6.54 Å². The highest BCUT2D eigenvalue weighted by molar-refractivity contribution is 5.57. The lowest BCUT2D eigenvalue weighted by molar-refractivity contribution is -0.119. The smallest absolute Gasteiger partial charge is 0.0809 e. The third kappa shape index (κ3) is 2.82. The minimum Gasteiger partial charge on any atom is -0.388 e. The van der Waals surface area contributed by atoms with E-state index in [0.717, 1.165) is 30.7 Å². The molecule has 0 aliphatic heterocycles. The third-order valence-electron chi connectivity index (χ3n) is 10.2. The van der Waals surface area contributed by atoms with Crippen molar-refractivity contribution in [3.63, 3.8) is 0 Å². The molecule has 0 saturated heterocycles. The Morgan fingerprint density at radius 1 is 1.10 bits per heavy atom. The molecule has 0 bridgehead atoms. The summed E-state index contributed by atoms with van der Waals surface area (Å²) >= 11 is 0. The van der Waals surface area contributed by atoms with Crippen molar-refractivity contribution in [1.82, 2.24) is 9.78 Å². The van der Waals surface area contributed by atoms with E-state index in [0.29, 0.717) is 11.3 Å². The van der Waals surface area contributed by atoms with Crippen LogP contribution in [0.5, 0.6) is 0 Å². The van der Waals surface area contributed by atoms with Crippen LogP contribution in [0.3, 0.4) is 0 Å². The van der Waals surface area contributed by atoms with Gasteiger partial charge in [-0.05, 0) is 99.5 Å². The molecular formula is C26H40N2O. The number of fused-ring (bicyclic) bond motifs is 5. The number of hydrogen-bond donors (Lipinski definition) is 1. The van der Waals surface area contributed by atoms with Crippen LogP contribution in [0.2, 0.25) is 0 Å². The highest BCUT2D eigenvalue weighted by Gasteiger charge is 2.60. The van der Waals surface area contributed by atoms with E-state index in [1.54, 1.807) is 0 Å². The normalized spacial score (nSPS) is 45.7. The maximum absolute atomic E-state index is 11.5. The van der Waals surface area contributed by atoms with Crippen molar-refractivity contribution in [1.29, 1.82) is 0 Å². The molecule has 7 unspecified atom stereocenters. The molecule has 1 N–H and O–H groups in total. The van der Waals surface area contributed by atoms with Crippen LogP contribution >= 0.6 is 0 Å². The molecule has 4 fully saturated rings. The van der Waals surface area contributed by atoms with E-state index in [1.165, 1.54) is 68.2 Å². The molecule has 1 aromatic rings. The Morgan fingerprint density at radius 3 is 2.69 bits per heavy atom. The molecule has 160 valence electrons. The molecule has 1 heterocycles. The van der Waals surface area contributed by atoms with Crippen molar-refractivity contribution in [2.45, 2.75) is 98.1 Å². The minimum atomic E-state index is -0.283. The summed E-state index contributed by atoms with van der Waals surface area (Å²) in [4.78, 5) is 0. The predicted octanol–water partition coefficient (Wildman–Crippen LogP) is 6.00. The highest BCUT2D eigenvalue weighted by Crippen LogP contribution is 2.67. The molecule has 4 aliphatic carbocycles. The van der Waals surface area contributed by atoms with Crippen LogP contribution in [-0.4, -0.2) is 21.0 Å². The Bertz CT molecular complexity index is 810. The minimum absolute atomic E-state index is 0.0690. The van der Waals surface area contributed by atoms with Crippen molar-refractivity contribution >= 4 is 6.08 Å². The lowest BCUT2D eigenvalue weighted by Gasteiger charge is -2.60. The van der Waals surface area contributed by atoms with Gasteiger partial charge >= 0.3 is 0 Å². The maximum Gasteiger partial charge on any atom is 0.0809 e. The summed E-state index contributed by atoms with van der Waals surface area (Å²) in [6, 6.07) is 0. The van der Waals surface area contributed by atoms with E-state index in [-0.39, 0.29) is 11.5 Å². The number of rotatable bonds is 2. The second kappa shape index (κ2) is 6.97. The van der Waals surface area contributed by atoms with Gasteiger partial charge in [0.2, 0.25) is 0 Å². The molecule has 4 aliphatic rings. The fraction of sp³-hybridized carbons (Fsp3) is 0.808. The molecule has 29 heavy (non-hydrogen) atoms. The Kier molecular flexibility index (Phi) is 4.77. The topological polar surface area (TPSA) is 38.0 Å². The van der Waals surface area contributed by atoms with Gasteiger partial charge in [-0.3, -0.25) is 4.68 Å². The number of aliphatic hydroxyl groups is 1. The number of aromatic nitrogens is 2. The fourth-order valence-electron chi connectivity index (χ4n) is 8.42. The first kappa shape index (κ1) is 19.8. The van der Waals surface area contributed by atoms with E-state index < -0.39 is 0 Å². The van der Waals surface area contributed by atoms with Gasteiger partial charge in [0.05, 0.1) is 12.3 Å². The van der Waals surface area contributed by atoms with Crippen LogP contribution in [0.25, 0.3) is 6.08 Å². The van der Waals surface area contributed by atoms with E-state index in [9.17, 15) is 5.11 Å². The largest absolute Gasteiger partial charge is 0.388 e. The Labute approximate surface area is 177 Å². The van der Waals surface area contributed by atoms with Crippen LogP contribution in [0, 0.1) is 41.4 Å². The van der Waals surface area contributed by atoms with Gasteiger partial charge in [-0.25, -0.2) is 0 Å². The lowest BCUT2D eigenvalue weighted by Crippen LogP contribution is -2.53. The zero-order valence-electron chi connectivity index (χ0n) is 19.0. The second-order valence-corrected chi connectivity index (χ2v) is 11.3. The molecule has 0 amide bonds. The van der Waals surface area contributed by atoms with Gasteiger partial charge in [-0.2, -0.15) is 5.10 Å². The molecule has 0 aromatic carbocycles. The molecule has 0 spiro atoms. The van der Waals surface area contributed by atoms with Crippen LogP contribution < -0.4 is 0 Å². The SMILES string of the molecule is CCn1ncc(/C=C2\CC3C4CCC5CCCCC5(C)C4CCC3(C)C2O)c1C. The molecular weight excluding hydrogens is 356 g/mol. The van der Waals surface area contributed by atoms with Crippen molar-refractivity contribution in [3.05, 3.63) is 23.0 Å². The van der Waals surface area contributed by atoms with Gasteiger partial charge in [0, 0.05) is 23.2 Å². The first-order valence-electron chi connectivity index (χ1n) is 12.3. The Balaban J connectivity index is 1.45. The average Bonchev–Trinajstić information content (AvgIpc) is 3.19. The molecule has 7 atom stereocenters. The molecule has 3 nitrogen and oxygen atoms in total. The summed E-state index contributed by atoms with van der Waals surface area (Å²) in [5, 5.41) is 16.0. The number of nitrogens with zero attached hydrogens (tertiary/aromatic N) is 2. The highest BCUT2D eigenvalue weighted by atomic mass is 16.3. The number of aliphatic hydroxyl groups excluding tert-OH is 1. The zero-order valence-corrected chi connectivity index (χ0v) is 19.0. The summed E-state index contributed by atoms with van der Waals surface area (Å²) in [5.41, 5.74) is 4.33. The number of hydrogen-bond acceptors (Lipinski definition) is 2. The maximum atomic E-state index is 11.5. The van der Waals surface area contributed by atoms with E-state index in [1.807, 2.05) is 6.20 Å². The monoisotopic (exact) mass is 396 g/mol. The van der Waals surface area contributed by atoms with Crippen LogP contribution in [0.1, 0.15) is 89.8 Å².